The van der Waals surface area contributed by atoms with Gasteiger partial charge in [0.1, 0.15) is 17.9 Å². The number of carbonyl (C=O) groups is 3. The molecule has 1 aliphatic heterocycles. The first-order valence-corrected chi connectivity index (χ1v) is 11.2. The van der Waals surface area contributed by atoms with Gasteiger partial charge in [0, 0.05) is 11.9 Å². The minimum absolute atomic E-state index is 0.190. The van der Waals surface area contributed by atoms with E-state index in [1.54, 1.807) is 22.9 Å². The molecule has 0 saturated carbocycles. The fourth-order valence-corrected chi connectivity index (χ4v) is 4.14. The van der Waals surface area contributed by atoms with Crippen LogP contribution in [0.1, 0.15) is 43.2 Å². The van der Waals surface area contributed by atoms with E-state index in [0.717, 1.165) is 11.1 Å². The maximum absolute atomic E-state index is 13.4. The Hall–Kier alpha value is -3.75. The van der Waals surface area contributed by atoms with Crippen molar-refractivity contribution in [1.29, 1.82) is 0 Å². The molecule has 178 valence electrons. The molecule has 1 fully saturated rings. The zero-order chi connectivity index (χ0) is 24.6. The van der Waals surface area contributed by atoms with E-state index in [4.69, 9.17) is 5.73 Å². The number of hydrogen-bond donors (Lipinski definition) is 2. The summed E-state index contributed by atoms with van der Waals surface area (Å²) < 4.78 is 15.0. The summed E-state index contributed by atoms with van der Waals surface area (Å²) in [4.78, 5) is 39.7. The highest BCUT2D eigenvalue weighted by Crippen LogP contribution is 2.27. The molecule has 2 aromatic carbocycles. The normalized spacial score (nSPS) is 16.7. The number of primary amides is 1. The first-order valence-electron chi connectivity index (χ1n) is 11.2. The van der Waals surface area contributed by atoms with Crippen molar-refractivity contribution in [3.8, 4) is 0 Å². The number of carbonyl (C=O) groups excluding carboxylic acids is 3. The molecule has 34 heavy (non-hydrogen) atoms. The smallest absolute Gasteiger partial charge is 0.273 e. The van der Waals surface area contributed by atoms with Crippen molar-refractivity contribution in [3.05, 3.63) is 65.6 Å². The van der Waals surface area contributed by atoms with Gasteiger partial charge >= 0.3 is 0 Å². The van der Waals surface area contributed by atoms with Gasteiger partial charge in [0.2, 0.25) is 11.8 Å². The van der Waals surface area contributed by atoms with Crippen molar-refractivity contribution in [2.24, 2.45) is 11.1 Å². The van der Waals surface area contributed by atoms with Crippen molar-refractivity contribution in [2.45, 2.75) is 45.8 Å². The Kier molecular flexibility index (Phi) is 6.12. The predicted molar refractivity (Wildman–Crippen MR) is 125 cm³/mol. The van der Waals surface area contributed by atoms with Gasteiger partial charge in [-0.1, -0.05) is 51.1 Å². The summed E-state index contributed by atoms with van der Waals surface area (Å²) in [5.41, 5.74) is 6.56. The lowest BCUT2D eigenvalue weighted by atomic mass is 9.84. The minimum Gasteiger partial charge on any atom is -0.368 e. The Labute approximate surface area is 196 Å². The molecule has 1 aliphatic rings. The monoisotopic (exact) mass is 465 g/mol. The molecule has 9 heteroatoms. The van der Waals surface area contributed by atoms with Gasteiger partial charge in [-0.05, 0) is 35.6 Å². The van der Waals surface area contributed by atoms with E-state index in [1.165, 1.54) is 17.0 Å². The largest absolute Gasteiger partial charge is 0.368 e. The molecular formula is C25H28FN5O3. The van der Waals surface area contributed by atoms with E-state index in [9.17, 15) is 18.8 Å². The number of halogens is 1. The first-order chi connectivity index (χ1) is 16.1. The van der Waals surface area contributed by atoms with Crippen molar-refractivity contribution in [1.82, 2.24) is 20.0 Å². The van der Waals surface area contributed by atoms with Crippen LogP contribution in [-0.2, 0) is 16.1 Å². The molecule has 1 saturated heterocycles. The van der Waals surface area contributed by atoms with E-state index in [2.05, 4.69) is 10.4 Å². The van der Waals surface area contributed by atoms with Crippen molar-refractivity contribution in [2.75, 3.05) is 6.54 Å². The summed E-state index contributed by atoms with van der Waals surface area (Å²) in [6, 6.07) is 11.9. The summed E-state index contributed by atoms with van der Waals surface area (Å²) in [6.45, 7) is 6.31. The van der Waals surface area contributed by atoms with Gasteiger partial charge in [-0.25, -0.2) is 4.39 Å². The number of rotatable bonds is 6. The molecule has 4 rings (SSSR count). The van der Waals surface area contributed by atoms with Crippen LogP contribution in [0.3, 0.4) is 0 Å². The van der Waals surface area contributed by atoms with Crippen LogP contribution >= 0.6 is 0 Å². The molecule has 2 atom stereocenters. The third kappa shape index (κ3) is 4.50. The fraction of sp³-hybridized carbons (Fsp3) is 0.360. The number of fused-ring (bicyclic) bond motifs is 1. The second kappa shape index (κ2) is 8.89. The molecule has 0 radical (unpaired) electrons. The highest BCUT2D eigenvalue weighted by Gasteiger charge is 2.43. The topological polar surface area (TPSA) is 110 Å². The lowest BCUT2D eigenvalue weighted by Crippen LogP contribution is -2.64. The maximum atomic E-state index is 13.4. The number of hydrogen-bond acceptors (Lipinski definition) is 4. The quantitative estimate of drug-likeness (QED) is 0.583. The standard InChI is InChI=1S/C25H28FN5O3/c1-25(2,3)21(24(34)30-13-12-19(30)22(27)32)28-23(33)20-17-6-4-5-7-18(17)31(29-20)14-15-8-10-16(26)11-9-15/h4-11,19,21H,12-14H2,1-3H3,(H2,27,32)(H,28,33)/t19-,21+/m0/s1. The Morgan fingerprint density at radius 2 is 1.82 bits per heavy atom. The van der Waals surface area contributed by atoms with Crippen LogP contribution in [0.4, 0.5) is 4.39 Å². The Bertz CT molecular complexity index is 1250. The zero-order valence-electron chi connectivity index (χ0n) is 19.4. The average Bonchev–Trinajstić information content (AvgIpc) is 3.10. The van der Waals surface area contributed by atoms with E-state index in [-0.39, 0.29) is 17.4 Å². The lowest BCUT2D eigenvalue weighted by Gasteiger charge is -2.43. The molecule has 8 nitrogen and oxygen atoms in total. The van der Waals surface area contributed by atoms with E-state index < -0.39 is 29.3 Å². The number of likely N-dealkylation sites (tertiary alicyclic amines) is 1. The molecule has 0 aliphatic carbocycles. The van der Waals surface area contributed by atoms with E-state index >= 15 is 0 Å². The van der Waals surface area contributed by atoms with E-state index in [1.807, 2.05) is 39.0 Å². The van der Waals surface area contributed by atoms with Gasteiger partial charge in [0.05, 0.1) is 12.1 Å². The highest BCUT2D eigenvalue weighted by molar-refractivity contribution is 6.06. The van der Waals surface area contributed by atoms with Crippen LogP contribution < -0.4 is 11.1 Å². The van der Waals surface area contributed by atoms with Crippen LogP contribution in [0, 0.1) is 11.2 Å². The molecule has 1 aromatic heterocycles. The molecule has 0 unspecified atom stereocenters. The summed E-state index contributed by atoms with van der Waals surface area (Å²) in [6.07, 6.45) is 0.518. The van der Waals surface area contributed by atoms with Crippen molar-refractivity contribution < 1.29 is 18.8 Å². The molecule has 3 amide bonds. The van der Waals surface area contributed by atoms with Crippen LogP contribution in [0.25, 0.3) is 10.9 Å². The van der Waals surface area contributed by atoms with Gasteiger partial charge < -0.3 is 16.0 Å². The Morgan fingerprint density at radius 3 is 2.41 bits per heavy atom. The van der Waals surface area contributed by atoms with Gasteiger partial charge in [0.25, 0.3) is 5.91 Å². The van der Waals surface area contributed by atoms with Crippen LogP contribution in [0.5, 0.6) is 0 Å². The predicted octanol–water partition coefficient (Wildman–Crippen LogP) is 2.45. The van der Waals surface area contributed by atoms with Crippen LogP contribution in [0.15, 0.2) is 48.5 Å². The molecule has 3 aromatic rings. The zero-order valence-corrected chi connectivity index (χ0v) is 19.4. The number of nitrogens with one attached hydrogen (secondary N) is 1. The average molecular weight is 466 g/mol. The van der Waals surface area contributed by atoms with Crippen LogP contribution in [-0.4, -0.2) is 51.0 Å². The number of aromatic nitrogens is 2. The summed E-state index contributed by atoms with van der Waals surface area (Å²) in [7, 11) is 0. The maximum Gasteiger partial charge on any atom is 0.273 e. The molecule has 0 spiro atoms. The molecular weight excluding hydrogens is 437 g/mol. The van der Waals surface area contributed by atoms with Gasteiger partial charge in [0.15, 0.2) is 5.69 Å². The van der Waals surface area contributed by atoms with Gasteiger partial charge in [-0.15, -0.1) is 0 Å². The third-order valence-corrected chi connectivity index (χ3v) is 6.14. The van der Waals surface area contributed by atoms with Crippen molar-refractivity contribution in [3.63, 3.8) is 0 Å². The second-order valence-electron chi connectivity index (χ2n) is 9.66. The highest BCUT2D eigenvalue weighted by atomic mass is 19.1. The first kappa shape index (κ1) is 23.4. The second-order valence-corrected chi connectivity index (χ2v) is 9.66. The SMILES string of the molecule is CC(C)(C)[C@H](NC(=O)c1nn(Cc2ccc(F)cc2)c2ccccc12)C(=O)N1CC[C@H]1C(N)=O. The number of nitrogens with two attached hydrogens (primary N) is 1. The third-order valence-electron chi connectivity index (χ3n) is 6.14. The van der Waals surface area contributed by atoms with Gasteiger partial charge in [-0.3, -0.25) is 19.1 Å². The summed E-state index contributed by atoms with van der Waals surface area (Å²) >= 11 is 0. The summed E-state index contributed by atoms with van der Waals surface area (Å²) in [5.74, 6) is -1.71. The lowest BCUT2D eigenvalue weighted by molar-refractivity contribution is -0.149. The minimum atomic E-state index is -0.872. The number of nitrogens with zero attached hydrogens (tertiary/aromatic N) is 3. The van der Waals surface area contributed by atoms with Crippen LogP contribution in [0.2, 0.25) is 0 Å². The Balaban J connectivity index is 1.63. The molecule has 0 bridgehead atoms. The van der Waals surface area contributed by atoms with Crippen molar-refractivity contribution >= 4 is 28.6 Å². The number of para-hydroxylation sites is 1. The summed E-state index contributed by atoms with van der Waals surface area (Å²) in [5, 5.41) is 8.03. The van der Waals surface area contributed by atoms with E-state index in [0.29, 0.717) is 24.9 Å². The van der Waals surface area contributed by atoms with Gasteiger partial charge in [-0.2, -0.15) is 5.10 Å². The number of amides is 3. The molecule has 2 heterocycles. The molecule has 3 N–H and O–H groups in total. The fourth-order valence-electron chi connectivity index (χ4n) is 4.14. The Morgan fingerprint density at radius 1 is 1.15 bits per heavy atom. The number of benzene rings is 2.